The molecule has 0 aromatic carbocycles. The zero-order valence-electron chi connectivity index (χ0n) is 10.5. The molecule has 6 heteroatoms. The topological polar surface area (TPSA) is 60.5 Å². The van der Waals surface area contributed by atoms with Gasteiger partial charge >= 0.3 is 5.97 Å². The van der Waals surface area contributed by atoms with Gasteiger partial charge < -0.3 is 14.8 Å². The van der Waals surface area contributed by atoms with Crippen LogP contribution < -0.4 is 5.32 Å². The zero-order valence-corrected chi connectivity index (χ0v) is 11.3. The maximum atomic E-state index is 11.6. The number of aromatic nitrogens is 1. The van der Waals surface area contributed by atoms with Crippen molar-refractivity contribution in [2.24, 2.45) is 0 Å². The number of carbonyl (C=O) groups is 1. The largest absolute Gasteiger partial charge is 0.461 e. The van der Waals surface area contributed by atoms with Gasteiger partial charge in [-0.15, -0.1) is 11.3 Å². The molecular formula is C12H18N2O3S. The Labute approximate surface area is 111 Å². The van der Waals surface area contributed by atoms with Gasteiger partial charge in [0.15, 0.2) is 5.69 Å². The standard InChI is InChI=1S/C12H18N2O3S/c1-2-16-12(15)10-11(18-8-14-10)13-6-5-9-4-3-7-17-9/h8-9,13H,2-7H2,1H3. The Hall–Kier alpha value is -1.14. The van der Waals surface area contributed by atoms with Gasteiger partial charge in [0.1, 0.15) is 5.00 Å². The van der Waals surface area contributed by atoms with Gasteiger partial charge in [0.25, 0.3) is 0 Å². The van der Waals surface area contributed by atoms with E-state index in [1.807, 2.05) is 0 Å². The molecule has 2 rings (SSSR count). The Morgan fingerprint density at radius 3 is 3.33 bits per heavy atom. The van der Waals surface area contributed by atoms with Crippen molar-refractivity contribution in [3.05, 3.63) is 11.2 Å². The van der Waals surface area contributed by atoms with Crippen molar-refractivity contribution in [1.82, 2.24) is 4.98 Å². The van der Waals surface area contributed by atoms with Crippen LogP contribution in [0.15, 0.2) is 5.51 Å². The van der Waals surface area contributed by atoms with E-state index in [-0.39, 0.29) is 5.97 Å². The van der Waals surface area contributed by atoms with E-state index in [4.69, 9.17) is 9.47 Å². The van der Waals surface area contributed by atoms with Crippen LogP contribution in [0, 0.1) is 0 Å². The third-order valence-corrected chi connectivity index (χ3v) is 3.60. The van der Waals surface area contributed by atoms with Gasteiger partial charge in [-0.1, -0.05) is 0 Å². The lowest BCUT2D eigenvalue weighted by Crippen LogP contribution is -2.14. The number of rotatable bonds is 6. The van der Waals surface area contributed by atoms with Gasteiger partial charge in [-0.25, -0.2) is 9.78 Å². The van der Waals surface area contributed by atoms with Crippen molar-refractivity contribution in [2.75, 3.05) is 25.1 Å². The molecule has 1 unspecified atom stereocenters. The maximum Gasteiger partial charge on any atom is 0.360 e. The fourth-order valence-corrected chi connectivity index (χ4v) is 2.63. The molecule has 0 amide bonds. The molecule has 0 radical (unpaired) electrons. The molecule has 0 spiro atoms. The van der Waals surface area contributed by atoms with E-state index < -0.39 is 0 Å². The Morgan fingerprint density at radius 2 is 2.61 bits per heavy atom. The van der Waals surface area contributed by atoms with Gasteiger partial charge in [-0.3, -0.25) is 0 Å². The summed E-state index contributed by atoms with van der Waals surface area (Å²) >= 11 is 1.42. The number of nitrogens with zero attached hydrogens (tertiary/aromatic N) is 1. The van der Waals surface area contributed by atoms with Crippen LogP contribution in [0.5, 0.6) is 0 Å². The van der Waals surface area contributed by atoms with Crippen LogP contribution in [-0.4, -0.2) is 36.8 Å². The number of thiazole rings is 1. The summed E-state index contributed by atoms with van der Waals surface area (Å²) in [5.41, 5.74) is 2.04. The Balaban J connectivity index is 1.81. The maximum absolute atomic E-state index is 11.6. The summed E-state index contributed by atoms with van der Waals surface area (Å²) in [5.74, 6) is -0.363. The SMILES string of the molecule is CCOC(=O)c1ncsc1NCCC1CCCO1. The number of ether oxygens (including phenoxy) is 2. The monoisotopic (exact) mass is 270 g/mol. The predicted octanol–water partition coefficient (Wildman–Crippen LogP) is 2.30. The van der Waals surface area contributed by atoms with Crippen molar-refractivity contribution in [2.45, 2.75) is 32.3 Å². The van der Waals surface area contributed by atoms with Gasteiger partial charge in [0.2, 0.25) is 0 Å². The second-order valence-electron chi connectivity index (χ2n) is 4.10. The minimum absolute atomic E-state index is 0.358. The van der Waals surface area contributed by atoms with Crippen molar-refractivity contribution in [3.8, 4) is 0 Å². The first-order valence-corrected chi connectivity index (χ1v) is 7.15. The molecule has 1 aliphatic rings. The van der Waals surface area contributed by atoms with E-state index in [1.54, 1.807) is 12.4 Å². The van der Waals surface area contributed by atoms with E-state index in [9.17, 15) is 4.79 Å². The van der Waals surface area contributed by atoms with Gasteiger partial charge in [-0.2, -0.15) is 0 Å². The van der Waals surface area contributed by atoms with Crippen LogP contribution in [0.3, 0.4) is 0 Å². The highest BCUT2D eigenvalue weighted by Crippen LogP contribution is 2.22. The molecular weight excluding hydrogens is 252 g/mol. The van der Waals surface area contributed by atoms with E-state index >= 15 is 0 Å². The molecule has 2 heterocycles. The summed E-state index contributed by atoms with van der Waals surface area (Å²) in [6, 6.07) is 0. The summed E-state index contributed by atoms with van der Waals surface area (Å²) in [5, 5.41) is 4.02. The normalized spacial score (nSPS) is 18.8. The Bertz CT molecular complexity index is 388. The summed E-state index contributed by atoms with van der Waals surface area (Å²) in [6.45, 7) is 3.82. The molecule has 1 N–H and O–H groups in total. The minimum Gasteiger partial charge on any atom is -0.461 e. The molecule has 1 aromatic rings. The van der Waals surface area contributed by atoms with Crippen molar-refractivity contribution in [3.63, 3.8) is 0 Å². The van der Waals surface area contributed by atoms with Crippen LogP contribution in [0.1, 0.15) is 36.7 Å². The Kier molecular flexibility index (Phi) is 4.95. The van der Waals surface area contributed by atoms with Crippen molar-refractivity contribution < 1.29 is 14.3 Å². The highest BCUT2D eigenvalue weighted by molar-refractivity contribution is 7.14. The number of nitrogens with one attached hydrogen (secondary N) is 1. The van der Waals surface area contributed by atoms with Gasteiger partial charge in [0.05, 0.1) is 18.2 Å². The number of anilines is 1. The summed E-state index contributed by atoms with van der Waals surface area (Å²) < 4.78 is 10.5. The summed E-state index contributed by atoms with van der Waals surface area (Å²) in [7, 11) is 0. The van der Waals surface area contributed by atoms with Crippen molar-refractivity contribution >= 4 is 22.3 Å². The van der Waals surface area contributed by atoms with E-state index in [1.165, 1.54) is 11.3 Å². The molecule has 1 atom stereocenters. The molecule has 5 nitrogen and oxygen atoms in total. The third-order valence-electron chi connectivity index (χ3n) is 2.81. The molecule has 0 bridgehead atoms. The van der Waals surface area contributed by atoms with Crippen LogP contribution in [0.2, 0.25) is 0 Å². The first-order chi connectivity index (χ1) is 8.81. The van der Waals surface area contributed by atoms with E-state index in [2.05, 4.69) is 10.3 Å². The van der Waals surface area contributed by atoms with Crippen molar-refractivity contribution in [1.29, 1.82) is 0 Å². The number of hydrogen-bond acceptors (Lipinski definition) is 6. The molecule has 0 saturated carbocycles. The quantitative estimate of drug-likeness (QED) is 0.804. The molecule has 1 aromatic heterocycles. The van der Waals surface area contributed by atoms with Gasteiger partial charge in [0, 0.05) is 13.2 Å². The molecule has 1 fully saturated rings. The van der Waals surface area contributed by atoms with E-state index in [0.717, 1.165) is 37.4 Å². The molecule has 1 aliphatic heterocycles. The zero-order chi connectivity index (χ0) is 12.8. The summed E-state index contributed by atoms with van der Waals surface area (Å²) in [6.07, 6.45) is 3.60. The second-order valence-corrected chi connectivity index (χ2v) is 4.96. The highest BCUT2D eigenvalue weighted by atomic mass is 32.1. The minimum atomic E-state index is -0.363. The average molecular weight is 270 g/mol. The fourth-order valence-electron chi connectivity index (χ4n) is 1.94. The first kappa shape index (κ1) is 13.3. The first-order valence-electron chi connectivity index (χ1n) is 6.27. The Morgan fingerprint density at radius 1 is 1.72 bits per heavy atom. The molecule has 0 aliphatic carbocycles. The smallest absolute Gasteiger partial charge is 0.360 e. The highest BCUT2D eigenvalue weighted by Gasteiger charge is 2.18. The lowest BCUT2D eigenvalue weighted by atomic mass is 10.2. The molecule has 1 saturated heterocycles. The fraction of sp³-hybridized carbons (Fsp3) is 0.667. The predicted molar refractivity (Wildman–Crippen MR) is 70.2 cm³/mol. The average Bonchev–Trinajstić information content (AvgIpc) is 3.00. The van der Waals surface area contributed by atoms with E-state index in [0.29, 0.717) is 18.4 Å². The molecule has 18 heavy (non-hydrogen) atoms. The number of hydrogen-bond donors (Lipinski definition) is 1. The van der Waals surface area contributed by atoms with Crippen LogP contribution >= 0.6 is 11.3 Å². The third kappa shape index (κ3) is 3.43. The van der Waals surface area contributed by atoms with Crippen LogP contribution in [-0.2, 0) is 9.47 Å². The van der Waals surface area contributed by atoms with Gasteiger partial charge in [-0.05, 0) is 26.2 Å². The molecule has 100 valence electrons. The van der Waals surface area contributed by atoms with Crippen LogP contribution in [0.25, 0.3) is 0 Å². The van der Waals surface area contributed by atoms with Crippen LogP contribution in [0.4, 0.5) is 5.00 Å². The lowest BCUT2D eigenvalue weighted by Gasteiger charge is -2.10. The number of carbonyl (C=O) groups excluding carboxylic acids is 1. The summed E-state index contributed by atoms with van der Waals surface area (Å²) in [4.78, 5) is 15.6. The number of esters is 1. The lowest BCUT2D eigenvalue weighted by molar-refractivity contribution is 0.0521. The second kappa shape index (κ2) is 6.70.